The largest absolute Gasteiger partial charge is 0.457 e. The molecule has 0 aliphatic rings. The Morgan fingerprint density at radius 2 is 1.94 bits per heavy atom. The second-order valence-corrected chi connectivity index (χ2v) is 5.38. The molecule has 1 rings (SSSR count). The van der Waals surface area contributed by atoms with Crippen LogP contribution in [0.15, 0.2) is 24.3 Å². The van der Waals surface area contributed by atoms with Gasteiger partial charge in [0.05, 0.1) is 0 Å². The van der Waals surface area contributed by atoms with Gasteiger partial charge < -0.3 is 4.74 Å². The average molecular weight is 273 g/mol. The van der Waals surface area contributed by atoms with Crippen molar-refractivity contribution in [3.8, 4) is 0 Å². The topological polar surface area (TPSA) is 26.3 Å². The summed E-state index contributed by atoms with van der Waals surface area (Å²) in [7, 11) is 0. The zero-order valence-electron chi connectivity index (χ0n) is 9.96. The summed E-state index contributed by atoms with van der Waals surface area (Å²) in [6.45, 7) is 5.44. The summed E-state index contributed by atoms with van der Waals surface area (Å²) in [5.74, 6) is -0.400. The molecule has 0 aliphatic heterocycles. The quantitative estimate of drug-likeness (QED) is 0.591. The van der Waals surface area contributed by atoms with Gasteiger partial charge in [-0.2, -0.15) is 0 Å². The van der Waals surface area contributed by atoms with Gasteiger partial charge in [-0.3, -0.25) is 0 Å². The highest BCUT2D eigenvalue weighted by Gasteiger charge is 2.13. The van der Waals surface area contributed by atoms with Crippen LogP contribution in [0.5, 0.6) is 0 Å². The first-order valence-electron chi connectivity index (χ1n) is 5.14. The van der Waals surface area contributed by atoms with Crippen LogP contribution in [0, 0.1) is 0 Å². The lowest BCUT2D eigenvalue weighted by molar-refractivity contribution is -0.148. The molecule has 0 amide bonds. The van der Waals surface area contributed by atoms with Crippen molar-refractivity contribution in [2.45, 2.75) is 26.4 Å². The molecular formula is C13H14Cl2O2. The molecule has 0 spiro atoms. The number of carbonyl (C=O) groups is 1. The third kappa shape index (κ3) is 5.24. The fourth-order valence-electron chi connectivity index (χ4n) is 1.13. The normalized spacial score (nSPS) is 11.8. The number of hydrogen-bond acceptors (Lipinski definition) is 2. The van der Waals surface area contributed by atoms with E-state index in [-0.39, 0.29) is 0 Å². The summed E-state index contributed by atoms with van der Waals surface area (Å²) >= 11 is 11.7. The van der Waals surface area contributed by atoms with Crippen LogP contribution in [-0.2, 0) is 9.53 Å². The van der Waals surface area contributed by atoms with Crippen LogP contribution in [0.1, 0.15) is 26.3 Å². The van der Waals surface area contributed by atoms with Crippen LogP contribution in [0.3, 0.4) is 0 Å². The molecule has 2 nitrogen and oxygen atoms in total. The monoisotopic (exact) mass is 272 g/mol. The van der Waals surface area contributed by atoms with E-state index in [0.717, 1.165) is 5.56 Å². The van der Waals surface area contributed by atoms with Crippen LogP contribution in [0.25, 0.3) is 6.08 Å². The van der Waals surface area contributed by atoms with Gasteiger partial charge in [-0.1, -0.05) is 29.3 Å². The Bertz CT molecular complexity index is 445. The Hall–Kier alpha value is -0.990. The Morgan fingerprint density at radius 1 is 1.29 bits per heavy atom. The molecule has 0 aromatic heterocycles. The second kappa shape index (κ2) is 5.56. The fraction of sp³-hybridized carbons (Fsp3) is 0.308. The molecule has 0 heterocycles. The third-order valence-corrected chi connectivity index (χ3v) is 2.33. The maximum absolute atomic E-state index is 11.4. The fourth-order valence-corrected chi connectivity index (χ4v) is 1.60. The molecule has 1 aromatic rings. The van der Waals surface area contributed by atoms with Gasteiger partial charge in [-0.15, -0.1) is 0 Å². The van der Waals surface area contributed by atoms with Crippen LogP contribution in [-0.4, -0.2) is 11.6 Å². The maximum atomic E-state index is 11.4. The molecule has 0 atom stereocenters. The van der Waals surface area contributed by atoms with E-state index in [9.17, 15) is 4.79 Å². The molecule has 1 aromatic carbocycles. The minimum atomic E-state index is -0.495. The molecule has 0 saturated carbocycles. The molecule has 0 saturated heterocycles. The number of ether oxygens (including phenoxy) is 1. The number of benzene rings is 1. The highest BCUT2D eigenvalue weighted by atomic mass is 35.5. The number of carbonyl (C=O) groups excluding carboxylic acids is 1. The van der Waals surface area contributed by atoms with Crippen LogP contribution >= 0.6 is 23.2 Å². The average Bonchev–Trinajstić information content (AvgIpc) is 2.13. The van der Waals surface area contributed by atoms with Crippen molar-refractivity contribution in [2.75, 3.05) is 0 Å². The van der Waals surface area contributed by atoms with Gasteiger partial charge in [0.1, 0.15) is 5.60 Å². The summed E-state index contributed by atoms with van der Waals surface area (Å²) in [4.78, 5) is 11.4. The number of esters is 1. The van der Waals surface area contributed by atoms with E-state index in [1.54, 1.807) is 24.3 Å². The Labute approximate surface area is 111 Å². The lowest BCUT2D eigenvalue weighted by Gasteiger charge is -2.17. The van der Waals surface area contributed by atoms with E-state index in [0.29, 0.717) is 10.0 Å². The minimum absolute atomic E-state index is 0.400. The lowest BCUT2D eigenvalue weighted by Crippen LogP contribution is -2.22. The Kier molecular flexibility index (Phi) is 4.61. The van der Waals surface area contributed by atoms with Crippen molar-refractivity contribution in [2.24, 2.45) is 0 Å². The zero-order chi connectivity index (χ0) is 13.1. The predicted molar refractivity (Wildman–Crippen MR) is 71.3 cm³/mol. The van der Waals surface area contributed by atoms with Gasteiger partial charge in [-0.05, 0) is 44.5 Å². The maximum Gasteiger partial charge on any atom is 0.331 e. The Morgan fingerprint density at radius 3 is 2.47 bits per heavy atom. The van der Waals surface area contributed by atoms with E-state index in [4.69, 9.17) is 27.9 Å². The van der Waals surface area contributed by atoms with Gasteiger partial charge in [0.15, 0.2) is 0 Å². The highest BCUT2D eigenvalue weighted by Crippen LogP contribution is 2.22. The summed E-state index contributed by atoms with van der Waals surface area (Å²) in [6, 6.07) is 5.08. The van der Waals surface area contributed by atoms with Crippen molar-refractivity contribution >= 4 is 35.2 Å². The molecule has 0 fully saturated rings. The van der Waals surface area contributed by atoms with Gasteiger partial charge in [0.25, 0.3) is 0 Å². The third-order valence-electron chi connectivity index (χ3n) is 1.77. The molecular weight excluding hydrogens is 259 g/mol. The van der Waals surface area contributed by atoms with E-state index in [2.05, 4.69) is 0 Å². The van der Waals surface area contributed by atoms with Crippen LogP contribution < -0.4 is 0 Å². The number of halogens is 2. The molecule has 4 heteroatoms. The SMILES string of the molecule is CC(C)(C)OC(=O)/C=C/c1ccc(Cl)cc1Cl. The first-order chi connectivity index (χ1) is 7.78. The van der Waals surface area contributed by atoms with Crippen molar-refractivity contribution in [3.63, 3.8) is 0 Å². The smallest absolute Gasteiger partial charge is 0.331 e. The summed E-state index contributed by atoms with van der Waals surface area (Å²) in [5, 5.41) is 1.06. The lowest BCUT2D eigenvalue weighted by atomic mass is 10.2. The highest BCUT2D eigenvalue weighted by molar-refractivity contribution is 6.35. The molecule has 0 N–H and O–H groups in total. The first kappa shape index (κ1) is 14.1. The van der Waals surface area contributed by atoms with Crippen LogP contribution in [0.2, 0.25) is 10.0 Å². The van der Waals surface area contributed by atoms with Crippen molar-refractivity contribution in [1.82, 2.24) is 0 Å². The van der Waals surface area contributed by atoms with E-state index in [1.165, 1.54) is 6.08 Å². The van der Waals surface area contributed by atoms with Crippen molar-refractivity contribution < 1.29 is 9.53 Å². The summed E-state index contributed by atoms with van der Waals surface area (Å²) < 4.78 is 5.13. The van der Waals surface area contributed by atoms with Crippen LogP contribution in [0.4, 0.5) is 0 Å². The van der Waals surface area contributed by atoms with Gasteiger partial charge >= 0.3 is 5.97 Å². The first-order valence-corrected chi connectivity index (χ1v) is 5.89. The number of rotatable bonds is 2. The zero-order valence-corrected chi connectivity index (χ0v) is 11.5. The van der Waals surface area contributed by atoms with E-state index in [1.807, 2.05) is 20.8 Å². The Balaban J connectivity index is 2.74. The minimum Gasteiger partial charge on any atom is -0.457 e. The summed E-state index contributed by atoms with van der Waals surface area (Å²) in [6.07, 6.45) is 2.95. The number of hydrogen-bond donors (Lipinski definition) is 0. The molecule has 0 unspecified atom stereocenters. The van der Waals surface area contributed by atoms with Gasteiger partial charge in [0, 0.05) is 16.1 Å². The van der Waals surface area contributed by atoms with Gasteiger partial charge in [-0.25, -0.2) is 4.79 Å². The standard InChI is InChI=1S/C13H14Cl2O2/c1-13(2,3)17-12(16)7-5-9-4-6-10(14)8-11(9)15/h4-8H,1-3H3/b7-5+. The molecule has 0 bridgehead atoms. The summed E-state index contributed by atoms with van der Waals surface area (Å²) in [5.41, 5.74) is 0.229. The van der Waals surface area contributed by atoms with Crippen molar-refractivity contribution in [1.29, 1.82) is 0 Å². The van der Waals surface area contributed by atoms with E-state index < -0.39 is 11.6 Å². The predicted octanol–water partition coefficient (Wildman–Crippen LogP) is 4.35. The van der Waals surface area contributed by atoms with Crippen molar-refractivity contribution in [3.05, 3.63) is 39.9 Å². The van der Waals surface area contributed by atoms with Gasteiger partial charge in [0.2, 0.25) is 0 Å². The molecule has 0 radical (unpaired) electrons. The van der Waals surface area contributed by atoms with E-state index >= 15 is 0 Å². The molecule has 17 heavy (non-hydrogen) atoms. The molecule has 0 aliphatic carbocycles. The molecule has 92 valence electrons. The second-order valence-electron chi connectivity index (χ2n) is 4.53.